The van der Waals surface area contributed by atoms with Gasteiger partial charge in [0.05, 0.1) is 33.9 Å². The van der Waals surface area contributed by atoms with Crippen LogP contribution < -0.4 is 38.5 Å². The maximum atomic E-state index is 5.96. The van der Waals surface area contributed by atoms with Gasteiger partial charge >= 0.3 is 0 Å². The predicted octanol–water partition coefficient (Wildman–Crippen LogP) is 28.8. The molecular formula is C110H92N8O4. The van der Waals surface area contributed by atoms with Crippen LogP contribution in [0.1, 0.15) is 61.2 Å². The number of aromatic nitrogens is 4. The van der Waals surface area contributed by atoms with E-state index in [0.717, 1.165) is 168 Å². The van der Waals surface area contributed by atoms with Crippen LogP contribution in [0.2, 0.25) is 0 Å². The molecule has 12 nitrogen and oxygen atoms in total. The lowest BCUT2D eigenvalue weighted by Crippen LogP contribution is -2.27. The van der Waals surface area contributed by atoms with Crippen LogP contribution in [0.25, 0.3) is 105 Å². The second kappa shape index (κ2) is 29.9. The van der Waals surface area contributed by atoms with Crippen molar-refractivity contribution in [2.75, 3.05) is 48.0 Å². The summed E-state index contributed by atoms with van der Waals surface area (Å²) in [4.78, 5) is 9.79. The number of anilines is 12. The Morgan fingerprint density at radius 1 is 0.270 bits per heavy atom. The number of rotatable bonds is 22. The van der Waals surface area contributed by atoms with Crippen LogP contribution in [-0.4, -0.2) is 46.7 Å². The van der Waals surface area contributed by atoms with Gasteiger partial charge in [0.25, 0.3) is 0 Å². The van der Waals surface area contributed by atoms with Crippen molar-refractivity contribution in [3.05, 3.63) is 368 Å². The maximum absolute atomic E-state index is 5.96. The molecule has 0 radical (unpaired) electrons. The van der Waals surface area contributed by atoms with Crippen LogP contribution in [0.3, 0.4) is 0 Å². The Morgan fingerprint density at radius 3 is 0.779 bits per heavy atom. The van der Waals surface area contributed by atoms with Crippen molar-refractivity contribution < 1.29 is 18.9 Å². The number of hydrogen-bond donors (Lipinski definition) is 0. The molecule has 2 aliphatic carbocycles. The van der Waals surface area contributed by atoms with Crippen LogP contribution in [0.5, 0.6) is 23.0 Å². The minimum atomic E-state index is -1.08. The first-order valence-corrected chi connectivity index (χ1v) is 42.3. The summed E-state index contributed by atoms with van der Waals surface area (Å²) in [5.41, 5.74) is 30.7. The third-order valence-electron chi connectivity index (χ3n) is 25.9. The van der Waals surface area contributed by atoms with E-state index in [1.807, 2.05) is 12.2 Å². The number of methoxy groups -OCH3 is 4. The van der Waals surface area contributed by atoms with E-state index in [1.165, 1.54) is 81.9 Å². The molecule has 19 aromatic rings. The average molecular weight is 1590 g/mol. The third-order valence-corrected chi connectivity index (χ3v) is 25.9. The highest BCUT2D eigenvalue weighted by Crippen LogP contribution is 2.66. The molecule has 596 valence electrons. The van der Waals surface area contributed by atoms with Crippen LogP contribution in [0, 0.1) is 6.92 Å². The first-order valence-electron chi connectivity index (χ1n) is 42.3. The van der Waals surface area contributed by atoms with E-state index < -0.39 is 5.41 Å². The molecule has 0 saturated heterocycles. The van der Waals surface area contributed by atoms with Gasteiger partial charge < -0.3 is 56.8 Å². The molecule has 0 saturated carbocycles. The molecule has 0 amide bonds. The number of fused-ring (bicyclic) bond motifs is 20. The first-order chi connectivity index (χ1) is 60.0. The Bertz CT molecular complexity index is 6950. The van der Waals surface area contributed by atoms with Gasteiger partial charge in [-0.3, -0.25) is 0 Å². The number of ether oxygens (including phenoxy) is 4. The molecule has 0 aliphatic heterocycles. The Hall–Kier alpha value is -14.9. The number of benzene rings is 15. The van der Waals surface area contributed by atoms with Gasteiger partial charge in [-0.15, -0.1) is 0 Å². The molecular weight excluding hydrogens is 1500 g/mol. The Morgan fingerprint density at radius 2 is 0.508 bits per heavy atom. The van der Waals surface area contributed by atoms with Gasteiger partial charge in [0.1, 0.15) is 23.0 Å². The molecule has 1 spiro atoms. The van der Waals surface area contributed by atoms with Crippen molar-refractivity contribution >= 4 is 151 Å². The lowest BCUT2D eigenvalue weighted by Gasteiger charge is -2.35. The van der Waals surface area contributed by atoms with E-state index in [2.05, 4.69) is 401 Å². The first kappa shape index (κ1) is 74.7. The standard InChI is InChI=1S/C110H92N8O4/c1-11-16-26-102-70(6)94-62-75(42-58-106(94)111(102)12-2)115(71-30-46-83(119-7)47-31-71)79-38-54-87-88-55-39-80(116(72-32-48-84(120-8)49-33-72)76-43-59-107-95(63-76)91-23-17-20-27-103(91)112(107)13-3)67-99(88)110(98(87)66-79)100-68-81(117(73-34-50-85(121-9)51-35-73)77-44-60-108-96(64-77)92-24-18-21-28-104(92)113(108)14-4)40-56-89(100)90-57-41-82(69-101(90)110)118(74-36-52-86(122-10)53-37-74)78-45-61-109-97(65-78)93-25-19-22-29-105(93)114(109)15-5/h11,16-69H,1,12-15H2,2-10H3/b26-16-. The lowest BCUT2D eigenvalue weighted by atomic mass is 9.70. The van der Waals surface area contributed by atoms with Crippen molar-refractivity contribution in [1.29, 1.82) is 0 Å². The molecule has 21 rings (SSSR count). The Kier molecular flexibility index (Phi) is 18.3. The zero-order valence-corrected chi connectivity index (χ0v) is 70.0. The number of aryl methyl sites for hydroxylation is 5. The summed E-state index contributed by atoms with van der Waals surface area (Å²) in [6.07, 6.45) is 6.08. The summed E-state index contributed by atoms with van der Waals surface area (Å²) in [7, 11) is 6.95. The zero-order chi connectivity index (χ0) is 82.8. The summed E-state index contributed by atoms with van der Waals surface area (Å²) in [6, 6.07) is 118. The summed E-state index contributed by atoms with van der Waals surface area (Å²) >= 11 is 0. The average Bonchev–Trinajstić information content (AvgIpc) is 1.50. The fourth-order valence-corrected chi connectivity index (χ4v) is 20.4. The van der Waals surface area contributed by atoms with Gasteiger partial charge in [-0.1, -0.05) is 97.6 Å². The van der Waals surface area contributed by atoms with E-state index in [4.69, 9.17) is 18.9 Å². The van der Waals surface area contributed by atoms with Crippen LogP contribution in [-0.2, 0) is 31.6 Å². The van der Waals surface area contributed by atoms with Gasteiger partial charge in [-0.2, -0.15) is 0 Å². The summed E-state index contributed by atoms with van der Waals surface area (Å²) in [6.45, 7) is 18.6. The van der Waals surface area contributed by atoms with Gasteiger partial charge in [0.2, 0.25) is 0 Å². The zero-order valence-electron chi connectivity index (χ0n) is 70.0. The van der Waals surface area contributed by atoms with E-state index in [1.54, 1.807) is 28.4 Å². The Labute approximate surface area is 710 Å². The summed E-state index contributed by atoms with van der Waals surface area (Å²) in [5.74, 6) is 3.09. The second-order valence-electron chi connectivity index (χ2n) is 31.7. The van der Waals surface area contributed by atoms with Gasteiger partial charge in [-0.05, 0) is 327 Å². The number of para-hydroxylation sites is 3. The van der Waals surface area contributed by atoms with Crippen LogP contribution in [0.4, 0.5) is 68.2 Å². The minimum absolute atomic E-state index is 0.771. The topological polar surface area (TPSA) is 69.6 Å². The van der Waals surface area contributed by atoms with E-state index in [-0.39, 0.29) is 0 Å². The normalized spacial score (nSPS) is 12.5. The second-order valence-corrected chi connectivity index (χ2v) is 31.7. The fourth-order valence-electron chi connectivity index (χ4n) is 20.4. The van der Waals surface area contributed by atoms with Crippen molar-refractivity contribution in [2.45, 2.75) is 66.2 Å². The smallest absolute Gasteiger partial charge is 0.119 e. The minimum Gasteiger partial charge on any atom is -0.497 e. The summed E-state index contributed by atoms with van der Waals surface area (Å²) in [5, 5.41) is 8.36. The summed E-state index contributed by atoms with van der Waals surface area (Å²) < 4.78 is 33.6. The largest absolute Gasteiger partial charge is 0.497 e. The van der Waals surface area contributed by atoms with E-state index in [0.29, 0.717) is 0 Å². The lowest BCUT2D eigenvalue weighted by molar-refractivity contribution is 0.414. The maximum Gasteiger partial charge on any atom is 0.119 e. The molecule has 0 fully saturated rings. The van der Waals surface area contributed by atoms with Gasteiger partial charge in [-0.25, -0.2) is 0 Å². The number of nitrogens with zero attached hydrogens (tertiary/aromatic N) is 8. The van der Waals surface area contributed by atoms with Crippen molar-refractivity contribution in [3.8, 4) is 45.3 Å². The molecule has 0 unspecified atom stereocenters. The molecule has 0 bridgehead atoms. The third kappa shape index (κ3) is 11.5. The molecule has 2 aliphatic rings. The molecule has 15 aromatic carbocycles. The molecule has 0 N–H and O–H groups in total. The van der Waals surface area contributed by atoms with Crippen LogP contribution in [0.15, 0.2) is 334 Å². The molecule has 4 heterocycles. The van der Waals surface area contributed by atoms with E-state index in [9.17, 15) is 0 Å². The number of hydrogen-bond acceptors (Lipinski definition) is 8. The van der Waals surface area contributed by atoms with E-state index >= 15 is 0 Å². The molecule has 4 aromatic heterocycles. The molecule has 0 atom stereocenters. The predicted molar refractivity (Wildman–Crippen MR) is 509 cm³/mol. The highest BCUT2D eigenvalue weighted by Gasteiger charge is 2.53. The quantitative estimate of drug-likeness (QED) is 0.0622. The Balaban J connectivity index is 0.881. The van der Waals surface area contributed by atoms with Gasteiger partial charge in [0, 0.05) is 176 Å². The van der Waals surface area contributed by atoms with Gasteiger partial charge in [0.15, 0.2) is 0 Å². The highest BCUT2D eigenvalue weighted by molar-refractivity contribution is 6.13. The fraction of sp³-hybridized carbons (Fsp3) is 0.127. The highest BCUT2D eigenvalue weighted by atomic mass is 16.5. The van der Waals surface area contributed by atoms with Crippen molar-refractivity contribution in [3.63, 3.8) is 0 Å². The van der Waals surface area contributed by atoms with Crippen molar-refractivity contribution in [2.24, 2.45) is 0 Å². The monoisotopic (exact) mass is 1590 g/mol. The van der Waals surface area contributed by atoms with Crippen LogP contribution >= 0.6 is 0 Å². The number of allylic oxidation sites excluding steroid dienone is 2. The molecule has 122 heavy (non-hydrogen) atoms. The molecule has 12 heteroatoms. The SMILES string of the molecule is C=C/C=C\c1c(C)c2cc(N(c3ccc(OC)cc3)c3ccc4c(c3)C3(c5cc(N(c6ccc(OC)cc6)c6ccc7c(c6)c6ccccc6n7CC)ccc5-4)c4cc(N(c5ccc(OC)cc5)c5ccc6c(c5)c5ccccc5n6CC)ccc4-c4ccc(N(c5ccc(OC)cc5)c5ccc6c(c5)c5ccccc5n6CC)cc43)ccc2n1CC. The van der Waals surface area contributed by atoms with Crippen molar-refractivity contribution in [1.82, 2.24) is 18.3 Å².